The highest BCUT2D eigenvalue weighted by Gasteiger charge is 2.11. The predicted molar refractivity (Wildman–Crippen MR) is 80.7 cm³/mol. The molecule has 0 spiro atoms. The zero-order chi connectivity index (χ0) is 14.4. The number of nitrogens with one attached hydrogen (secondary N) is 2. The molecule has 1 aromatic carbocycles. The first-order chi connectivity index (χ1) is 9.70. The van der Waals surface area contributed by atoms with E-state index in [4.69, 9.17) is 0 Å². The number of hydrogen-bond donors (Lipinski definition) is 2. The first-order valence-corrected chi connectivity index (χ1v) is 6.76. The summed E-state index contributed by atoms with van der Waals surface area (Å²) < 4.78 is 0. The summed E-state index contributed by atoms with van der Waals surface area (Å²) in [7, 11) is 0. The van der Waals surface area contributed by atoms with E-state index in [1.807, 2.05) is 44.2 Å². The van der Waals surface area contributed by atoms with Crippen molar-refractivity contribution in [1.82, 2.24) is 10.3 Å². The van der Waals surface area contributed by atoms with Crippen molar-refractivity contribution in [3.05, 3.63) is 59.8 Å². The lowest BCUT2D eigenvalue weighted by Gasteiger charge is -2.14. The first kappa shape index (κ1) is 14.1. The highest BCUT2D eigenvalue weighted by molar-refractivity contribution is 5.95. The molecular weight excluding hydrogens is 250 g/mol. The van der Waals surface area contributed by atoms with Crippen molar-refractivity contribution in [2.45, 2.75) is 19.9 Å². The molecule has 4 nitrogen and oxygen atoms in total. The largest absolute Gasteiger partial charge is 0.370 e. The van der Waals surface area contributed by atoms with Gasteiger partial charge in [-0.3, -0.25) is 4.79 Å². The Morgan fingerprint density at radius 3 is 2.70 bits per heavy atom. The van der Waals surface area contributed by atoms with Gasteiger partial charge in [-0.15, -0.1) is 0 Å². The molecule has 1 atom stereocenters. The molecule has 104 valence electrons. The molecule has 2 N–H and O–H groups in total. The summed E-state index contributed by atoms with van der Waals surface area (Å²) in [6, 6.07) is 13.3. The number of benzene rings is 1. The van der Waals surface area contributed by atoms with E-state index >= 15 is 0 Å². The van der Waals surface area contributed by atoms with E-state index in [0.29, 0.717) is 11.4 Å². The average Bonchev–Trinajstić information content (AvgIpc) is 2.48. The summed E-state index contributed by atoms with van der Waals surface area (Å²) in [5, 5.41) is 6.08. The lowest BCUT2D eigenvalue weighted by Crippen LogP contribution is -2.26. The van der Waals surface area contributed by atoms with Crippen LogP contribution in [0.4, 0.5) is 5.82 Å². The Morgan fingerprint density at radius 1 is 1.25 bits per heavy atom. The number of anilines is 1. The molecule has 0 bridgehead atoms. The summed E-state index contributed by atoms with van der Waals surface area (Å²) in [5.74, 6) is 0.621. The third kappa shape index (κ3) is 3.57. The second-order valence-electron chi connectivity index (χ2n) is 4.57. The Hall–Kier alpha value is -2.36. The van der Waals surface area contributed by atoms with Crippen LogP contribution in [0.5, 0.6) is 0 Å². The van der Waals surface area contributed by atoms with Crippen molar-refractivity contribution < 1.29 is 4.79 Å². The summed E-state index contributed by atoms with van der Waals surface area (Å²) >= 11 is 0. The molecule has 0 aliphatic rings. The average molecular weight is 269 g/mol. The number of rotatable bonds is 5. The fourth-order valence-electron chi connectivity index (χ4n) is 1.95. The van der Waals surface area contributed by atoms with E-state index in [9.17, 15) is 4.79 Å². The van der Waals surface area contributed by atoms with E-state index in [-0.39, 0.29) is 11.9 Å². The summed E-state index contributed by atoms with van der Waals surface area (Å²) in [5.41, 5.74) is 1.69. The predicted octanol–water partition coefficient (Wildman–Crippen LogP) is 3.00. The Morgan fingerprint density at radius 2 is 2.00 bits per heavy atom. The van der Waals surface area contributed by atoms with Gasteiger partial charge >= 0.3 is 0 Å². The van der Waals surface area contributed by atoms with Crippen molar-refractivity contribution in [1.29, 1.82) is 0 Å². The van der Waals surface area contributed by atoms with E-state index in [0.717, 1.165) is 12.1 Å². The van der Waals surface area contributed by atoms with Crippen LogP contribution in [0.1, 0.15) is 35.8 Å². The van der Waals surface area contributed by atoms with Gasteiger partial charge in [0, 0.05) is 18.3 Å². The van der Waals surface area contributed by atoms with Gasteiger partial charge < -0.3 is 10.6 Å². The molecule has 1 heterocycles. The van der Waals surface area contributed by atoms with Crippen LogP contribution in [0.2, 0.25) is 0 Å². The summed E-state index contributed by atoms with van der Waals surface area (Å²) in [4.78, 5) is 16.4. The number of pyridine rings is 1. The number of carbonyl (C=O) groups is 1. The summed E-state index contributed by atoms with van der Waals surface area (Å²) in [6.07, 6.45) is 1.64. The van der Waals surface area contributed by atoms with Crippen LogP contribution in [-0.2, 0) is 0 Å². The smallest absolute Gasteiger partial charge is 0.251 e. The van der Waals surface area contributed by atoms with Crippen molar-refractivity contribution in [2.24, 2.45) is 0 Å². The minimum atomic E-state index is -0.0945. The molecule has 0 saturated heterocycles. The quantitative estimate of drug-likeness (QED) is 0.877. The molecule has 0 aliphatic heterocycles. The zero-order valence-corrected chi connectivity index (χ0v) is 11.8. The molecular formula is C16H19N3O. The molecule has 2 aromatic rings. The van der Waals surface area contributed by atoms with Crippen LogP contribution in [0.3, 0.4) is 0 Å². The van der Waals surface area contributed by atoms with E-state index in [1.54, 1.807) is 18.3 Å². The third-order valence-electron chi connectivity index (χ3n) is 3.03. The highest BCUT2D eigenvalue weighted by atomic mass is 16.1. The fraction of sp³-hybridized carbons (Fsp3) is 0.250. The van der Waals surface area contributed by atoms with Gasteiger partial charge in [-0.25, -0.2) is 4.98 Å². The molecule has 2 rings (SSSR count). The van der Waals surface area contributed by atoms with E-state index in [1.165, 1.54) is 0 Å². The lowest BCUT2D eigenvalue weighted by atomic mass is 10.1. The number of aromatic nitrogens is 1. The SMILES string of the molecule is CCNc1cc(C(=O)NC(C)c2ccccc2)ccn1. The van der Waals surface area contributed by atoms with Gasteiger partial charge in [0.25, 0.3) is 5.91 Å². The number of hydrogen-bond acceptors (Lipinski definition) is 3. The van der Waals surface area contributed by atoms with Gasteiger partial charge in [-0.2, -0.15) is 0 Å². The second kappa shape index (κ2) is 6.70. The molecule has 0 saturated carbocycles. The molecule has 1 unspecified atom stereocenters. The van der Waals surface area contributed by atoms with Crippen LogP contribution in [0, 0.1) is 0 Å². The first-order valence-electron chi connectivity index (χ1n) is 6.76. The van der Waals surface area contributed by atoms with Crippen molar-refractivity contribution in [3.8, 4) is 0 Å². The minimum absolute atomic E-state index is 0.0283. The number of carbonyl (C=O) groups excluding carboxylic acids is 1. The Labute approximate surface area is 119 Å². The topological polar surface area (TPSA) is 54.0 Å². The van der Waals surface area contributed by atoms with E-state index in [2.05, 4.69) is 15.6 Å². The lowest BCUT2D eigenvalue weighted by molar-refractivity contribution is 0.0940. The number of nitrogens with zero attached hydrogens (tertiary/aromatic N) is 1. The third-order valence-corrected chi connectivity index (χ3v) is 3.03. The van der Waals surface area contributed by atoms with Crippen LogP contribution < -0.4 is 10.6 Å². The van der Waals surface area contributed by atoms with Gasteiger partial charge in [-0.1, -0.05) is 30.3 Å². The zero-order valence-electron chi connectivity index (χ0n) is 11.8. The van der Waals surface area contributed by atoms with Gasteiger partial charge in [0.15, 0.2) is 0 Å². The van der Waals surface area contributed by atoms with Crippen molar-refractivity contribution in [3.63, 3.8) is 0 Å². The van der Waals surface area contributed by atoms with Crippen LogP contribution in [0.25, 0.3) is 0 Å². The van der Waals surface area contributed by atoms with Crippen molar-refractivity contribution >= 4 is 11.7 Å². The standard InChI is InChI=1S/C16H19N3O/c1-3-17-15-11-14(9-10-18-15)16(20)19-12(2)13-7-5-4-6-8-13/h4-12H,3H2,1-2H3,(H,17,18)(H,19,20). The van der Waals surface area contributed by atoms with Gasteiger partial charge in [-0.05, 0) is 31.5 Å². The Balaban J connectivity index is 2.06. The maximum Gasteiger partial charge on any atom is 0.251 e. The Kier molecular flexibility index (Phi) is 4.71. The highest BCUT2D eigenvalue weighted by Crippen LogP contribution is 2.13. The van der Waals surface area contributed by atoms with Gasteiger partial charge in [0.05, 0.1) is 6.04 Å². The Bertz CT molecular complexity index is 569. The van der Waals surface area contributed by atoms with Crippen LogP contribution in [0.15, 0.2) is 48.7 Å². The maximum absolute atomic E-state index is 12.2. The second-order valence-corrected chi connectivity index (χ2v) is 4.57. The van der Waals surface area contributed by atoms with Crippen molar-refractivity contribution in [2.75, 3.05) is 11.9 Å². The normalized spacial score (nSPS) is 11.7. The molecule has 1 amide bonds. The van der Waals surface area contributed by atoms with E-state index < -0.39 is 0 Å². The molecule has 0 radical (unpaired) electrons. The van der Waals surface area contributed by atoms with Crippen LogP contribution >= 0.6 is 0 Å². The maximum atomic E-state index is 12.2. The van der Waals surface area contributed by atoms with Gasteiger partial charge in [0.1, 0.15) is 5.82 Å². The minimum Gasteiger partial charge on any atom is -0.370 e. The van der Waals surface area contributed by atoms with Crippen LogP contribution in [-0.4, -0.2) is 17.4 Å². The molecule has 0 fully saturated rings. The van der Waals surface area contributed by atoms with Gasteiger partial charge in [0.2, 0.25) is 0 Å². The monoisotopic (exact) mass is 269 g/mol. The molecule has 1 aromatic heterocycles. The molecule has 0 aliphatic carbocycles. The summed E-state index contributed by atoms with van der Waals surface area (Å²) in [6.45, 7) is 4.74. The molecule has 4 heteroatoms. The molecule has 20 heavy (non-hydrogen) atoms. The number of amides is 1. The fourth-order valence-corrected chi connectivity index (χ4v) is 1.95.